The van der Waals surface area contributed by atoms with Crippen molar-refractivity contribution in [3.05, 3.63) is 0 Å². The summed E-state index contributed by atoms with van der Waals surface area (Å²) in [6.07, 6.45) is 5.70. The molecule has 0 heterocycles. The Bertz CT molecular complexity index is 183. The van der Waals surface area contributed by atoms with Crippen molar-refractivity contribution >= 4 is 7.85 Å². The van der Waals surface area contributed by atoms with E-state index in [1.807, 2.05) is 13.8 Å². The van der Waals surface area contributed by atoms with Gasteiger partial charge in [0.2, 0.25) is 0 Å². The van der Waals surface area contributed by atoms with E-state index in [1.165, 1.54) is 0 Å². The van der Waals surface area contributed by atoms with Crippen LogP contribution in [-0.4, -0.2) is 31.3 Å². The number of ether oxygens (including phenoxy) is 1. The van der Waals surface area contributed by atoms with Crippen molar-refractivity contribution in [1.29, 1.82) is 0 Å². The lowest BCUT2D eigenvalue weighted by atomic mass is 9.78. The van der Waals surface area contributed by atoms with E-state index < -0.39 is 5.60 Å². The molecular formula is C14H29BO2. The lowest BCUT2D eigenvalue weighted by Crippen LogP contribution is -2.42. The Labute approximate surface area is 109 Å². The van der Waals surface area contributed by atoms with Crippen LogP contribution in [0.2, 0.25) is 6.32 Å². The van der Waals surface area contributed by atoms with Gasteiger partial charge in [0.05, 0.1) is 19.6 Å². The SMILES string of the molecule is [B]CCOC(CC)C(CCCC)C(C)(O)CC. The van der Waals surface area contributed by atoms with Gasteiger partial charge in [0, 0.05) is 12.5 Å². The standard InChI is InChI=1S/C14H29BO2/c1-5-8-9-12(14(4,16)7-3)13(6-2)17-11-10-15/h12-13,16H,5-11H2,1-4H3. The van der Waals surface area contributed by atoms with Crippen LogP contribution in [0.5, 0.6) is 0 Å². The Kier molecular flexibility index (Phi) is 8.98. The van der Waals surface area contributed by atoms with E-state index in [4.69, 9.17) is 12.6 Å². The topological polar surface area (TPSA) is 29.5 Å². The quantitative estimate of drug-likeness (QED) is 0.593. The fourth-order valence-electron chi connectivity index (χ4n) is 2.32. The molecule has 0 aromatic heterocycles. The van der Waals surface area contributed by atoms with E-state index in [0.29, 0.717) is 12.9 Å². The first kappa shape index (κ1) is 17.0. The van der Waals surface area contributed by atoms with E-state index in [2.05, 4.69) is 13.8 Å². The zero-order valence-electron chi connectivity index (χ0n) is 12.0. The molecule has 0 aliphatic heterocycles. The lowest BCUT2D eigenvalue weighted by molar-refractivity contribution is -0.0900. The highest BCUT2D eigenvalue weighted by Gasteiger charge is 2.35. The Morgan fingerprint density at radius 3 is 2.35 bits per heavy atom. The minimum Gasteiger partial charge on any atom is -0.390 e. The molecule has 0 fully saturated rings. The average Bonchev–Trinajstić information content (AvgIpc) is 2.33. The maximum absolute atomic E-state index is 10.5. The molecule has 0 spiro atoms. The number of hydrogen-bond donors (Lipinski definition) is 1. The van der Waals surface area contributed by atoms with Crippen LogP contribution < -0.4 is 0 Å². The van der Waals surface area contributed by atoms with Crippen LogP contribution in [0.3, 0.4) is 0 Å². The molecule has 2 nitrogen and oxygen atoms in total. The fourth-order valence-corrected chi connectivity index (χ4v) is 2.32. The van der Waals surface area contributed by atoms with E-state index in [1.54, 1.807) is 0 Å². The van der Waals surface area contributed by atoms with Gasteiger partial charge in [0.1, 0.15) is 0 Å². The second-order valence-electron chi connectivity index (χ2n) is 5.07. The minimum absolute atomic E-state index is 0.125. The predicted molar refractivity (Wildman–Crippen MR) is 74.5 cm³/mol. The number of aliphatic hydroxyl groups is 1. The van der Waals surface area contributed by atoms with Gasteiger partial charge in [-0.2, -0.15) is 0 Å². The van der Waals surface area contributed by atoms with Crippen molar-refractivity contribution in [3.63, 3.8) is 0 Å². The normalized spacial score (nSPS) is 18.6. The number of unbranched alkanes of at least 4 members (excludes halogenated alkanes) is 1. The van der Waals surface area contributed by atoms with Gasteiger partial charge in [-0.15, -0.1) is 0 Å². The van der Waals surface area contributed by atoms with Crippen molar-refractivity contribution < 1.29 is 9.84 Å². The highest BCUT2D eigenvalue weighted by atomic mass is 16.5. The largest absolute Gasteiger partial charge is 0.390 e. The second kappa shape index (κ2) is 8.99. The highest BCUT2D eigenvalue weighted by molar-refractivity contribution is 6.08. The first-order chi connectivity index (χ1) is 8.03. The summed E-state index contributed by atoms with van der Waals surface area (Å²) in [4.78, 5) is 0. The average molecular weight is 240 g/mol. The zero-order valence-corrected chi connectivity index (χ0v) is 12.0. The summed E-state index contributed by atoms with van der Waals surface area (Å²) in [7, 11) is 5.49. The monoisotopic (exact) mass is 240 g/mol. The van der Waals surface area contributed by atoms with Crippen LogP contribution in [0, 0.1) is 5.92 Å². The van der Waals surface area contributed by atoms with Gasteiger partial charge in [-0.3, -0.25) is 0 Å². The molecule has 17 heavy (non-hydrogen) atoms. The van der Waals surface area contributed by atoms with Gasteiger partial charge < -0.3 is 9.84 Å². The minimum atomic E-state index is -0.634. The Balaban J connectivity index is 4.61. The van der Waals surface area contributed by atoms with Crippen LogP contribution in [0.25, 0.3) is 0 Å². The van der Waals surface area contributed by atoms with Gasteiger partial charge in [-0.25, -0.2) is 0 Å². The summed E-state index contributed by atoms with van der Waals surface area (Å²) in [5.74, 6) is 0.212. The summed E-state index contributed by atoms with van der Waals surface area (Å²) in [6.45, 7) is 8.85. The third-order valence-corrected chi connectivity index (χ3v) is 3.68. The maximum Gasteiger partial charge on any atom is 0.0684 e. The zero-order chi connectivity index (χ0) is 13.3. The summed E-state index contributed by atoms with van der Waals surface area (Å²) < 4.78 is 5.80. The van der Waals surface area contributed by atoms with Crippen molar-refractivity contribution in [2.45, 2.75) is 77.8 Å². The van der Waals surface area contributed by atoms with E-state index in [0.717, 1.165) is 32.1 Å². The van der Waals surface area contributed by atoms with Crippen molar-refractivity contribution in [2.75, 3.05) is 6.61 Å². The molecule has 1 N–H and O–H groups in total. The molecule has 0 amide bonds. The third-order valence-electron chi connectivity index (χ3n) is 3.68. The molecule has 0 saturated carbocycles. The summed E-state index contributed by atoms with van der Waals surface area (Å²) in [6, 6.07) is 0. The molecule has 3 unspecified atom stereocenters. The van der Waals surface area contributed by atoms with Crippen LogP contribution >= 0.6 is 0 Å². The molecule has 0 bridgehead atoms. The fraction of sp³-hybridized carbons (Fsp3) is 1.00. The van der Waals surface area contributed by atoms with Crippen LogP contribution in [-0.2, 0) is 4.74 Å². The van der Waals surface area contributed by atoms with Crippen LogP contribution in [0.15, 0.2) is 0 Å². The van der Waals surface area contributed by atoms with Gasteiger partial charge in [-0.05, 0) is 26.2 Å². The molecule has 3 heteroatoms. The molecule has 0 aliphatic carbocycles. The molecule has 0 saturated heterocycles. The molecule has 0 aliphatic rings. The van der Waals surface area contributed by atoms with E-state index in [9.17, 15) is 5.11 Å². The Morgan fingerprint density at radius 2 is 1.94 bits per heavy atom. The second-order valence-corrected chi connectivity index (χ2v) is 5.07. The summed E-state index contributed by atoms with van der Waals surface area (Å²) in [5.41, 5.74) is -0.634. The highest BCUT2D eigenvalue weighted by Crippen LogP contribution is 2.32. The molecule has 0 aromatic rings. The lowest BCUT2D eigenvalue weighted by Gasteiger charge is -2.37. The maximum atomic E-state index is 10.5. The summed E-state index contributed by atoms with van der Waals surface area (Å²) >= 11 is 0. The first-order valence-electron chi connectivity index (χ1n) is 7.07. The smallest absolute Gasteiger partial charge is 0.0684 e. The molecule has 100 valence electrons. The van der Waals surface area contributed by atoms with Crippen LogP contribution in [0.1, 0.15) is 59.8 Å². The summed E-state index contributed by atoms with van der Waals surface area (Å²) in [5, 5.41) is 10.5. The first-order valence-corrected chi connectivity index (χ1v) is 7.07. The van der Waals surface area contributed by atoms with Crippen LogP contribution in [0.4, 0.5) is 0 Å². The van der Waals surface area contributed by atoms with E-state index in [-0.39, 0.29) is 12.0 Å². The Hall–Kier alpha value is -0.0151. The number of hydrogen-bond acceptors (Lipinski definition) is 2. The van der Waals surface area contributed by atoms with E-state index >= 15 is 0 Å². The molecule has 0 rings (SSSR count). The van der Waals surface area contributed by atoms with Crippen molar-refractivity contribution in [2.24, 2.45) is 5.92 Å². The molecule has 3 atom stereocenters. The number of rotatable bonds is 10. The third kappa shape index (κ3) is 5.92. The van der Waals surface area contributed by atoms with Gasteiger partial charge >= 0.3 is 0 Å². The van der Waals surface area contributed by atoms with Gasteiger partial charge in [0.25, 0.3) is 0 Å². The molecule has 0 aromatic carbocycles. The van der Waals surface area contributed by atoms with Crippen molar-refractivity contribution in [1.82, 2.24) is 0 Å². The molecular weight excluding hydrogens is 211 g/mol. The van der Waals surface area contributed by atoms with Gasteiger partial charge in [-0.1, -0.05) is 39.9 Å². The van der Waals surface area contributed by atoms with Crippen molar-refractivity contribution in [3.8, 4) is 0 Å². The van der Waals surface area contributed by atoms with Gasteiger partial charge in [0.15, 0.2) is 0 Å². The predicted octanol–water partition coefficient (Wildman–Crippen LogP) is 3.34. The Morgan fingerprint density at radius 1 is 1.29 bits per heavy atom. The molecule has 2 radical (unpaired) electrons.